The van der Waals surface area contributed by atoms with Gasteiger partial charge in [-0.3, -0.25) is 0 Å². The van der Waals surface area contributed by atoms with Crippen molar-refractivity contribution in [1.29, 1.82) is 0 Å². The Hall–Kier alpha value is -0.590. The Bertz CT molecular complexity index is 514. The fourth-order valence-electron chi connectivity index (χ4n) is 1.35. The van der Waals surface area contributed by atoms with E-state index in [0.717, 1.165) is 12.0 Å². The van der Waals surface area contributed by atoms with Gasteiger partial charge < -0.3 is 4.74 Å². The van der Waals surface area contributed by atoms with E-state index in [1.165, 1.54) is 6.07 Å². The summed E-state index contributed by atoms with van der Waals surface area (Å²) in [6, 6.07) is 3.26. The first-order valence-corrected chi connectivity index (χ1v) is 7.59. The van der Waals surface area contributed by atoms with Crippen LogP contribution in [0.15, 0.2) is 21.5 Å². The lowest BCUT2D eigenvalue weighted by Crippen LogP contribution is -2.18. The molecule has 0 spiro atoms. The van der Waals surface area contributed by atoms with Crippen LogP contribution in [0.2, 0.25) is 0 Å². The summed E-state index contributed by atoms with van der Waals surface area (Å²) in [6.45, 7) is 5.64. The highest BCUT2D eigenvalue weighted by molar-refractivity contribution is 9.10. The molecule has 1 atom stereocenters. The molecule has 0 fully saturated rings. The molecule has 0 amide bonds. The number of hydrogen-bond donors (Lipinski definition) is 1. The first-order valence-electron chi connectivity index (χ1n) is 5.25. The van der Waals surface area contributed by atoms with Gasteiger partial charge in [0, 0.05) is 4.47 Å². The summed E-state index contributed by atoms with van der Waals surface area (Å²) in [6.07, 6.45) is 0.731. The third-order valence-corrected chi connectivity index (χ3v) is 3.78. The van der Waals surface area contributed by atoms with E-state index in [4.69, 9.17) is 9.88 Å². The molecule has 4 nitrogen and oxygen atoms in total. The largest absolute Gasteiger partial charge is 0.489 e. The van der Waals surface area contributed by atoms with Crippen molar-refractivity contribution in [2.75, 3.05) is 0 Å². The van der Waals surface area contributed by atoms with E-state index >= 15 is 0 Å². The van der Waals surface area contributed by atoms with Crippen LogP contribution in [0.25, 0.3) is 0 Å². The fraction of sp³-hybridized carbons (Fsp3) is 0.455. The Morgan fingerprint density at radius 3 is 2.53 bits per heavy atom. The summed E-state index contributed by atoms with van der Waals surface area (Å²) in [5.74, 6) is 0.338. The Morgan fingerprint density at radius 1 is 1.47 bits per heavy atom. The number of primary sulfonamides is 1. The molecule has 0 aliphatic carbocycles. The molecule has 0 aromatic heterocycles. The molecule has 1 aromatic carbocycles. The standard InChI is InChI=1S/C11H16BrNO3S/c1-4-8(3)16-11-7(2)5-9(12)6-10(11)17(13,14)15/h5-6,8H,4H2,1-3H3,(H2,13,14,15). The topological polar surface area (TPSA) is 69.4 Å². The second-order valence-corrected chi connectivity index (χ2v) is 6.38. The maximum atomic E-state index is 11.5. The second kappa shape index (κ2) is 5.37. The van der Waals surface area contributed by atoms with Crippen LogP contribution in [-0.2, 0) is 10.0 Å². The van der Waals surface area contributed by atoms with Gasteiger partial charge >= 0.3 is 0 Å². The van der Waals surface area contributed by atoms with Gasteiger partial charge in [0.2, 0.25) is 10.0 Å². The van der Waals surface area contributed by atoms with Gasteiger partial charge in [-0.25, -0.2) is 13.6 Å². The molecule has 96 valence electrons. The molecule has 2 N–H and O–H groups in total. The number of halogens is 1. The average Bonchev–Trinajstić information content (AvgIpc) is 2.19. The molecule has 0 aliphatic heterocycles. The van der Waals surface area contributed by atoms with Gasteiger partial charge in [-0.05, 0) is 38.0 Å². The highest BCUT2D eigenvalue weighted by Gasteiger charge is 2.19. The zero-order chi connectivity index (χ0) is 13.2. The number of benzene rings is 1. The third kappa shape index (κ3) is 3.69. The van der Waals surface area contributed by atoms with E-state index in [9.17, 15) is 8.42 Å². The number of rotatable bonds is 4. The predicted octanol–water partition coefficient (Wildman–Crippen LogP) is 2.58. The number of nitrogens with two attached hydrogens (primary N) is 1. The van der Waals surface area contributed by atoms with Gasteiger partial charge in [-0.1, -0.05) is 22.9 Å². The molecule has 1 rings (SSSR count). The minimum absolute atomic E-state index is 0.0182. The first-order chi connectivity index (χ1) is 7.75. The van der Waals surface area contributed by atoms with Crippen molar-refractivity contribution < 1.29 is 13.2 Å². The maximum Gasteiger partial charge on any atom is 0.241 e. The molecular weight excluding hydrogens is 306 g/mol. The number of aryl methyl sites for hydroxylation is 1. The Morgan fingerprint density at radius 2 is 2.06 bits per heavy atom. The van der Waals surface area contributed by atoms with Crippen LogP contribution >= 0.6 is 15.9 Å². The Balaban J connectivity index is 3.36. The number of ether oxygens (including phenoxy) is 1. The van der Waals surface area contributed by atoms with Gasteiger partial charge in [0.05, 0.1) is 6.10 Å². The van der Waals surface area contributed by atoms with Gasteiger partial charge in [-0.2, -0.15) is 0 Å². The Kier molecular flexibility index (Phi) is 4.57. The van der Waals surface area contributed by atoms with Crippen molar-refractivity contribution in [2.45, 2.75) is 38.2 Å². The van der Waals surface area contributed by atoms with Crippen molar-refractivity contribution in [3.8, 4) is 5.75 Å². The third-order valence-electron chi connectivity index (χ3n) is 2.41. The van der Waals surface area contributed by atoms with Crippen molar-refractivity contribution >= 4 is 26.0 Å². The van der Waals surface area contributed by atoms with Crippen LogP contribution in [0.4, 0.5) is 0 Å². The van der Waals surface area contributed by atoms with Crippen LogP contribution in [-0.4, -0.2) is 14.5 Å². The molecule has 0 bridgehead atoms. The molecule has 1 unspecified atom stereocenters. The summed E-state index contributed by atoms with van der Waals surface area (Å²) in [7, 11) is -3.79. The fourth-order valence-corrected chi connectivity index (χ4v) is 2.83. The highest BCUT2D eigenvalue weighted by Crippen LogP contribution is 2.31. The predicted molar refractivity (Wildman–Crippen MR) is 70.6 cm³/mol. The van der Waals surface area contributed by atoms with E-state index in [0.29, 0.717) is 10.2 Å². The van der Waals surface area contributed by atoms with E-state index in [2.05, 4.69) is 15.9 Å². The van der Waals surface area contributed by atoms with E-state index in [1.807, 2.05) is 13.8 Å². The normalized spacial score (nSPS) is 13.5. The quantitative estimate of drug-likeness (QED) is 0.926. The van der Waals surface area contributed by atoms with Gasteiger partial charge in [0.25, 0.3) is 0 Å². The average molecular weight is 322 g/mol. The van der Waals surface area contributed by atoms with Crippen LogP contribution < -0.4 is 9.88 Å². The summed E-state index contributed by atoms with van der Waals surface area (Å²) in [5.41, 5.74) is 0.740. The lowest BCUT2D eigenvalue weighted by Gasteiger charge is -2.17. The molecule has 0 saturated heterocycles. The lowest BCUT2D eigenvalue weighted by atomic mass is 10.2. The molecule has 1 aromatic rings. The number of sulfonamides is 1. The second-order valence-electron chi connectivity index (χ2n) is 3.93. The summed E-state index contributed by atoms with van der Waals surface area (Å²) >= 11 is 3.25. The summed E-state index contributed by atoms with van der Waals surface area (Å²) < 4.78 is 29.3. The molecule has 0 saturated carbocycles. The molecule has 0 heterocycles. The van der Waals surface area contributed by atoms with Crippen LogP contribution in [0.5, 0.6) is 5.75 Å². The van der Waals surface area contributed by atoms with E-state index in [-0.39, 0.29) is 11.0 Å². The Labute approximate surface area is 110 Å². The molecule has 17 heavy (non-hydrogen) atoms. The van der Waals surface area contributed by atoms with Gasteiger partial charge in [0.15, 0.2) is 0 Å². The highest BCUT2D eigenvalue weighted by atomic mass is 79.9. The zero-order valence-corrected chi connectivity index (χ0v) is 12.4. The first kappa shape index (κ1) is 14.5. The maximum absolute atomic E-state index is 11.5. The van der Waals surface area contributed by atoms with Crippen LogP contribution in [0.3, 0.4) is 0 Å². The summed E-state index contributed by atoms with van der Waals surface area (Å²) in [5, 5.41) is 5.18. The van der Waals surface area contributed by atoms with Crippen molar-refractivity contribution in [3.63, 3.8) is 0 Å². The molecule has 0 aliphatic rings. The number of hydrogen-bond acceptors (Lipinski definition) is 3. The van der Waals surface area contributed by atoms with Crippen molar-refractivity contribution in [2.24, 2.45) is 5.14 Å². The van der Waals surface area contributed by atoms with E-state index in [1.54, 1.807) is 13.0 Å². The van der Waals surface area contributed by atoms with Crippen LogP contribution in [0, 0.1) is 6.92 Å². The SMILES string of the molecule is CCC(C)Oc1c(C)cc(Br)cc1S(N)(=O)=O. The zero-order valence-electron chi connectivity index (χ0n) is 10.0. The summed E-state index contributed by atoms with van der Waals surface area (Å²) in [4.78, 5) is 0.0182. The molecule has 6 heteroatoms. The smallest absolute Gasteiger partial charge is 0.241 e. The lowest BCUT2D eigenvalue weighted by molar-refractivity contribution is 0.210. The van der Waals surface area contributed by atoms with Crippen molar-refractivity contribution in [3.05, 3.63) is 22.2 Å². The molecule has 0 radical (unpaired) electrons. The monoisotopic (exact) mass is 321 g/mol. The van der Waals surface area contributed by atoms with Crippen molar-refractivity contribution in [1.82, 2.24) is 0 Å². The van der Waals surface area contributed by atoms with E-state index < -0.39 is 10.0 Å². The van der Waals surface area contributed by atoms with Gasteiger partial charge in [-0.15, -0.1) is 0 Å². The molecular formula is C11H16BrNO3S. The minimum Gasteiger partial charge on any atom is -0.489 e. The van der Waals surface area contributed by atoms with Gasteiger partial charge in [0.1, 0.15) is 10.6 Å². The van der Waals surface area contributed by atoms with Crippen LogP contribution in [0.1, 0.15) is 25.8 Å². The minimum atomic E-state index is -3.79.